The van der Waals surface area contributed by atoms with Crippen LogP contribution in [0, 0.1) is 13.8 Å². The van der Waals surface area contributed by atoms with Crippen molar-refractivity contribution in [2.45, 2.75) is 38.6 Å². The van der Waals surface area contributed by atoms with Gasteiger partial charge in [0.25, 0.3) is 5.91 Å². The summed E-state index contributed by atoms with van der Waals surface area (Å²) in [6.45, 7) is 5.70. The number of anilines is 1. The number of nitrogens with zero attached hydrogens (tertiary/aromatic N) is 3. The molecular formula is C28H34N4O6. The van der Waals surface area contributed by atoms with Crippen LogP contribution in [0.2, 0.25) is 0 Å². The van der Waals surface area contributed by atoms with E-state index in [4.69, 9.17) is 9.84 Å². The van der Waals surface area contributed by atoms with Gasteiger partial charge in [0, 0.05) is 13.7 Å². The third-order valence-corrected chi connectivity index (χ3v) is 7.38. The number of hydrogen-bond acceptors (Lipinski definition) is 8. The molecule has 10 nitrogen and oxygen atoms in total. The van der Waals surface area contributed by atoms with E-state index in [0.29, 0.717) is 37.2 Å². The molecule has 2 saturated heterocycles. The third-order valence-electron chi connectivity index (χ3n) is 7.38. The first kappa shape index (κ1) is 27.3. The van der Waals surface area contributed by atoms with Gasteiger partial charge in [0.1, 0.15) is 11.8 Å². The number of carboxylic acid groups (broad SMARTS) is 1. The smallest absolute Gasteiger partial charge is 0.317 e. The van der Waals surface area contributed by atoms with E-state index in [-0.39, 0.29) is 37.1 Å². The number of para-hydroxylation sites is 1. The first-order valence-electron chi connectivity index (χ1n) is 12.7. The van der Waals surface area contributed by atoms with Gasteiger partial charge in [0.05, 0.1) is 18.8 Å². The second-order valence-electron chi connectivity index (χ2n) is 9.86. The average molecular weight is 523 g/mol. The Morgan fingerprint density at radius 2 is 1.87 bits per heavy atom. The molecule has 2 aromatic carbocycles. The number of carbonyl (C=O) groups is 3. The van der Waals surface area contributed by atoms with Gasteiger partial charge in [-0.3, -0.25) is 24.7 Å². The Hall–Kier alpha value is -3.76. The molecule has 202 valence electrons. The number of carboxylic acids is 1. The van der Waals surface area contributed by atoms with E-state index in [1.54, 1.807) is 12.1 Å². The molecule has 1 amide bonds. The van der Waals surface area contributed by atoms with Crippen molar-refractivity contribution in [3.05, 3.63) is 58.7 Å². The van der Waals surface area contributed by atoms with Crippen molar-refractivity contribution in [1.82, 2.24) is 9.80 Å². The minimum atomic E-state index is -0.854. The third kappa shape index (κ3) is 5.71. The quantitative estimate of drug-likeness (QED) is 0.338. The maximum Gasteiger partial charge on any atom is 0.317 e. The van der Waals surface area contributed by atoms with Gasteiger partial charge < -0.3 is 19.8 Å². The van der Waals surface area contributed by atoms with Crippen LogP contribution in [0.5, 0.6) is 5.75 Å². The average Bonchev–Trinajstić information content (AvgIpc) is 3.12. The molecule has 3 N–H and O–H groups in total. The predicted molar refractivity (Wildman–Crippen MR) is 142 cm³/mol. The maximum atomic E-state index is 13.4. The molecule has 0 bridgehead atoms. The van der Waals surface area contributed by atoms with Gasteiger partial charge in [0.2, 0.25) is 5.78 Å². The number of ether oxygens (including phenoxy) is 1. The van der Waals surface area contributed by atoms with Gasteiger partial charge in [-0.15, -0.1) is 0 Å². The zero-order chi connectivity index (χ0) is 27.4. The molecule has 2 aliphatic heterocycles. The summed E-state index contributed by atoms with van der Waals surface area (Å²) in [7, 11) is 1.54. The van der Waals surface area contributed by atoms with Gasteiger partial charge in [-0.2, -0.15) is 5.10 Å². The molecule has 2 aliphatic rings. The number of phenolic OH excluding ortho intramolecular Hbond substituents is 1. The van der Waals surface area contributed by atoms with E-state index in [9.17, 15) is 19.5 Å². The van der Waals surface area contributed by atoms with Crippen LogP contribution >= 0.6 is 0 Å². The van der Waals surface area contributed by atoms with Crippen molar-refractivity contribution in [1.29, 1.82) is 0 Å². The van der Waals surface area contributed by atoms with Crippen LogP contribution in [0.4, 0.5) is 5.69 Å². The summed E-state index contributed by atoms with van der Waals surface area (Å²) < 4.78 is 5.17. The standard InChI is InChI=1S/C28H34N4O6/c1-17-7-8-20(15-18(17)2)25-27(36)24(28(37)32(25)13-14-38-3)30-29-22-6-4-5-21(26(22)35)19-9-11-31(12-10-19)16-23(33)34/h4-8,15,19,25,29,35H,9-14,16H2,1-3H3,(H,33,34)/b30-24-. The number of aryl methyl sites for hydroxylation is 2. The lowest BCUT2D eigenvalue weighted by atomic mass is 9.88. The van der Waals surface area contributed by atoms with Crippen molar-refractivity contribution in [3.8, 4) is 5.75 Å². The number of hydrazone groups is 1. The molecule has 2 fully saturated rings. The van der Waals surface area contributed by atoms with Crippen molar-refractivity contribution in [2.24, 2.45) is 5.10 Å². The number of aromatic hydroxyl groups is 1. The van der Waals surface area contributed by atoms with Crippen LogP contribution in [0.1, 0.15) is 47.1 Å². The molecule has 1 unspecified atom stereocenters. The highest BCUT2D eigenvalue weighted by atomic mass is 16.5. The molecule has 0 aromatic heterocycles. The molecule has 0 aliphatic carbocycles. The zero-order valence-corrected chi connectivity index (χ0v) is 21.9. The highest BCUT2D eigenvalue weighted by molar-refractivity contribution is 6.69. The van der Waals surface area contributed by atoms with Crippen molar-refractivity contribution in [2.75, 3.05) is 45.3 Å². The lowest BCUT2D eigenvalue weighted by molar-refractivity contribution is -0.138. The van der Waals surface area contributed by atoms with E-state index < -0.39 is 23.7 Å². The molecule has 0 saturated carbocycles. The zero-order valence-electron chi connectivity index (χ0n) is 21.9. The number of amides is 1. The largest absolute Gasteiger partial charge is 0.505 e. The number of nitrogens with one attached hydrogen (secondary N) is 1. The Morgan fingerprint density at radius 1 is 1.13 bits per heavy atom. The molecule has 10 heteroatoms. The Bertz CT molecular complexity index is 1250. The van der Waals surface area contributed by atoms with Crippen LogP contribution in [0.15, 0.2) is 41.5 Å². The fourth-order valence-corrected chi connectivity index (χ4v) is 5.11. The summed E-state index contributed by atoms with van der Waals surface area (Å²) in [5.74, 6) is -1.70. The number of methoxy groups -OCH3 is 1. The van der Waals surface area contributed by atoms with Crippen molar-refractivity contribution in [3.63, 3.8) is 0 Å². The van der Waals surface area contributed by atoms with Crippen molar-refractivity contribution < 1.29 is 29.3 Å². The minimum Gasteiger partial charge on any atom is -0.505 e. The molecule has 2 heterocycles. The fraction of sp³-hybridized carbons (Fsp3) is 0.429. The van der Waals surface area contributed by atoms with E-state index in [2.05, 4.69) is 10.5 Å². The van der Waals surface area contributed by atoms with E-state index >= 15 is 0 Å². The molecule has 2 aromatic rings. The number of likely N-dealkylation sites (tertiary alicyclic amines) is 2. The Labute approximate surface area is 221 Å². The van der Waals surface area contributed by atoms with E-state index in [0.717, 1.165) is 16.7 Å². The summed E-state index contributed by atoms with van der Waals surface area (Å²) in [6.07, 6.45) is 1.42. The highest BCUT2D eigenvalue weighted by Gasteiger charge is 2.45. The molecule has 4 rings (SSSR count). The van der Waals surface area contributed by atoms with Gasteiger partial charge in [0.15, 0.2) is 5.71 Å². The second kappa shape index (κ2) is 11.7. The Morgan fingerprint density at radius 3 is 2.53 bits per heavy atom. The number of benzene rings is 2. The molecule has 1 atom stereocenters. The highest BCUT2D eigenvalue weighted by Crippen LogP contribution is 2.38. The Balaban J connectivity index is 1.55. The summed E-state index contributed by atoms with van der Waals surface area (Å²) in [6, 6.07) is 10.1. The monoisotopic (exact) mass is 522 g/mol. The van der Waals surface area contributed by atoms with Gasteiger partial charge in [-0.05, 0) is 74.0 Å². The molecule has 0 spiro atoms. The summed E-state index contributed by atoms with van der Waals surface area (Å²) in [5.41, 5.74) is 6.37. The van der Waals surface area contributed by atoms with Crippen molar-refractivity contribution >= 4 is 29.1 Å². The van der Waals surface area contributed by atoms with E-state index in [1.807, 2.05) is 43.0 Å². The lowest BCUT2D eigenvalue weighted by Crippen LogP contribution is -2.36. The Kier molecular flexibility index (Phi) is 8.43. The molecular weight excluding hydrogens is 488 g/mol. The van der Waals surface area contributed by atoms with Crippen LogP contribution in [0.3, 0.4) is 0 Å². The van der Waals surface area contributed by atoms with Gasteiger partial charge in [-0.1, -0.05) is 30.3 Å². The fourth-order valence-electron chi connectivity index (χ4n) is 5.11. The number of phenols is 1. The number of aliphatic carboxylic acids is 1. The van der Waals surface area contributed by atoms with Gasteiger partial charge in [-0.25, -0.2) is 0 Å². The van der Waals surface area contributed by atoms with E-state index in [1.165, 1.54) is 12.0 Å². The lowest BCUT2D eigenvalue weighted by Gasteiger charge is -2.31. The maximum absolute atomic E-state index is 13.4. The number of hydrogen-bond donors (Lipinski definition) is 3. The predicted octanol–water partition coefficient (Wildman–Crippen LogP) is 2.84. The minimum absolute atomic E-state index is 0.00436. The summed E-state index contributed by atoms with van der Waals surface area (Å²) in [4.78, 5) is 41.0. The number of ketones is 1. The summed E-state index contributed by atoms with van der Waals surface area (Å²) >= 11 is 0. The summed E-state index contributed by atoms with van der Waals surface area (Å²) in [5, 5.41) is 24.2. The van der Waals surface area contributed by atoms with Crippen LogP contribution in [-0.4, -0.2) is 83.3 Å². The first-order chi connectivity index (χ1) is 18.2. The first-order valence-corrected chi connectivity index (χ1v) is 12.7. The van der Waals surface area contributed by atoms with Crippen LogP contribution in [-0.2, 0) is 19.1 Å². The number of Topliss-reactive ketones (excluding diaryl/α,β-unsaturated/α-hetero) is 1. The number of piperidine rings is 1. The van der Waals surface area contributed by atoms with Crippen LogP contribution in [0.25, 0.3) is 0 Å². The SMILES string of the molecule is COCCN1C(=O)/C(=N\Nc2cccc(C3CCN(CC(=O)O)CC3)c2O)C(=O)C1c1ccc(C)c(C)c1. The number of carbonyl (C=O) groups excluding carboxylic acids is 2. The molecule has 0 radical (unpaired) electrons. The van der Waals surface area contributed by atoms with Gasteiger partial charge >= 0.3 is 5.97 Å². The normalized spacial score (nSPS) is 19.9. The second-order valence-corrected chi connectivity index (χ2v) is 9.86. The topological polar surface area (TPSA) is 132 Å². The van der Waals surface area contributed by atoms with Crippen LogP contribution < -0.4 is 5.43 Å². The molecule has 38 heavy (non-hydrogen) atoms. The number of rotatable bonds is 9.